The van der Waals surface area contributed by atoms with Crippen LogP contribution in [0.15, 0.2) is 36.5 Å². The maximum absolute atomic E-state index is 13.0. The first-order valence-corrected chi connectivity index (χ1v) is 7.92. The molecule has 24 heavy (non-hydrogen) atoms. The highest BCUT2D eigenvalue weighted by molar-refractivity contribution is 5.86. The van der Waals surface area contributed by atoms with Crippen LogP contribution in [0.1, 0.15) is 16.8 Å². The third-order valence-electron chi connectivity index (χ3n) is 4.29. The molecular formula is C19H21FN2O2. The number of aryl methyl sites for hydroxylation is 1. The number of halogens is 1. The van der Waals surface area contributed by atoms with Crippen LogP contribution in [0.4, 0.5) is 4.39 Å². The Morgan fingerprint density at radius 3 is 2.58 bits per heavy atom. The molecule has 2 aromatic heterocycles. The number of hydrogen-bond donors (Lipinski definition) is 0. The van der Waals surface area contributed by atoms with Crippen LogP contribution in [-0.2, 0) is 17.9 Å². The summed E-state index contributed by atoms with van der Waals surface area (Å²) in [6, 6.07) is 8.21. The average Bonchev–Trinajstić information content (AvgIpc) is 2.84. The van der Waals surface area contributed by atoms with Gasteiger partial charge in [0, 0.05) is 31.6 Å². The first-order chi connectivity index (χ1) is 11.6. The molecule has 2 heterocycles. The zero-order chi connectivity index (χ0) is 17.1. The van der Waals surface area contributed by atoms with Gasteiger partial charge in [0.1, 0.15) is 23.7 Å². The van der Waals surface area contributed by atoms with Crippen molar-refractivity contribution < 1.29 is 13.9 Å². The number of ether oxygens (including phenoxy) is 2. The van der Waals surface area contributed by atoms with Gasteiger partial charge in [0.2, 0.25) is 0 Å². The average molecular weight is 328 g/mol. The normalized spacial score (nSPS) is 11.2. The number of benzene rings is 1. The smallest absolute Gasteiger partial charge is 0.147 e. The van der Waals surface area contributed by atoms with Crippen LogP contribution in [0.5, 0.6) is 5.75 Å². The van der Waals surface area contributed by atoms with Gasteiger partial charge in [-0.3, -0.25) is 4.98 Å². The summed E-state index contributed by atoms with van der Waals surface area (Å²) in [6.07, 6.45) is 1.76. The molecule has 0 unspecified atom stereocenters. The van der Waals surface area contributed by atoms with E-state index >= 15 is 0 Å². The molecule has 0 amide bonds. The van der Waals surface area contributed by atoms with Gasteiger partial charge in [0.15, 0.2) is 0 Å². The molecule has 3 aromatic rings. The monoisotopic (exact) mass is 328 g/mol. The Morgan fingerprint density at radius 2 is 1.88 bits per heavy atom. The molecule has 3 rings (SSSR count). The fraction of sp³-hybridized carbons (Fsp3) is 0.316. The highest BCUT2D eigenvalue weighted by atomic mass is 19.1. The molecule has 0 atom stereocenters. The van der Waals surface area contributed by atoms with Crippen LogP contribution in [0.2, 0.25) is 0 Å². The molecule has 4 nitrogen and oxygen atoms in total. The summed E-state index contributed by atoms with van der Waals surface area (Å²) in [7, 11) is 1.69. The van der Waals surface area contributed by atoms with Gasteiger partial charge >= 0.3 is 0 Å². The third-order valence-corrected chi connectivity index (χ3v) is 4.29. The Labute approximate surface area is 140 Å². The Morgan fingerprint density at radius 1 is 1.12 bits per heavy atom. The molecule has 126 valence electrons. The lowest BCUT2D eigenvalue weighted by Gasteiger charge is -2.12. The van der Waals surface area contributed by atoms with Crippen molar-refractivity contribution in [1.82, 2.24) is 9.55 Å². The van der Waals surface area contributed by atoms with Crippen molar-refractivity contribution >= 4 is 11.0 Å². The maximum atomic E-state index is 13.0. The van der Waals surface area contributed by atoms with Crippen molar-refractivity contribution in [3.63, 3.8) is 0 Å². The molecule has 5 heteroatoms. The molecule has 0 aliphatic rings. The minimum absolute atomic E-state index is 0.246. The SMILES string of the molecule is COCCn1c(C)c(C)c2nccc(OCc3ccc(F)cc3)c21. The number of pyridine rings is 1. The van der Waals surface area contributed by atoms with Gasteiger partial charge in [-0.2, -0.15) is 0 Å². The van der Waals surface area contributed by atoms with Crippen molar-refractivity contribution in [1.29, 1.82) is 0 Å². The van der Waals surface area contributed by atoms with E-state index in [1.165, 1.54) is 12.1 Å². The second-order valence-corrected chi connectivity index (χ2v) is 5.78. The number of fused-ring (bicyclic) bond motifs is 1. The van der Waals surface area contributed by atoms with E-state index in [2.05, 4.69) is 23.4 Å². The number of aromatic nitrogens is 2. The molecule has 0 saturated heterocycles. The van der Waals surface area contributed by atoms with Gasteiger partial charge < -0.3 is 14.0 Å². The zero-order valence-corrected chi connectivity index (χ0v) is 14.2. The lowest BCUT2D eigenvalue weighted by Crippen LogP contribution is -2.07. The van der Waals surface area contributed by atoms with Crippen LogP contribution in [0.3, 0.4) is 0 Å². The van der Waals surface area contributed by atoms with Crippen molar-refractivity contribution in [2.24, 2.45) is 0 Å². The van der Waals surface area contributed by atoms with Crippen LogP contribution in [0.25, 0.3) is 11.0 Å². The number of hydrogen-bond acceptors (Lipinski definition) is 3. The summed E-state index contributed by atoms with van der Waals surface area (Å²) < 4.78 is 26.4. The van der Waals surface area contributed by atoms with E-state index in [1.807, 2.05) is 6.07 Å². The summed E-state index contributed by atoms with van der Waals surface area (Å²) in [5, 5.41) is 0. The number of methoxy groups -OCH3 is 1. The van der Waals surface area contributed by atoms with E-state index in [4.69, 9.17) is 9.47 Å². The van der Waals surface area contributed by atoms with Gasteiger partial charge in [-0.1, -0.05) is 12.1 Å². The zero-order valence-electron chi connectivity index (χ0n) is 14.2. The van der Waals surface area contributed by atoms with Crippen molar-refractivity contribution in [3.05, 3.63) is 59.2 Å². The van der Waals surface area contributed by atoms with E-state index in [0.717, 1.165) is 40.1 Å². The Bertz CT molecular complexity index is 841. The Kier molecular flexibility index (Phi) is 4.81. The van der Waals surface area contributed by atoms with Crippen LogP contribution in [-0.4, -0.2) is 23.3 Å². The highest BCUT2D eigenvalue weighted by Crippen LogP contribution is 2.31. The molecule has 0 bridgehead atoms. The largest absolute Gasteiger partial charge is 0.487 e. The topological polar surface area (TPSA) is 36.3 Å². The summed E-state index contributed by atoms with van der Waals surface area (Å²) in [6.45, 7) is 5.89. The summed E-state index contributed by atoms with van der Waals surface area (Å²) in [4.78, 5) is 4.51. The quantitative estimate of drug-likeness (QED) is 0.686. The molecular weight excluding hydrogens is 307 g/mol. The molecule has 1 aromatic carbocycles. The molecule has 0 aliphatic heterocycles. The van der Waals surface area contributed by atoms with Gasteiger partial charge in [-0.15, -0.1) is 0 Å². The third kappa shape index (κ3) is 3.12. The lowest BCUT2D eigenvalue weighted by molar-refractivity contribution is 0.187. The second kappa shape index (κ2) is 7.01. The number of nitrogens with zero attached hydrogens (tertiary/aromatic N) is 2. The van der Waals surface area contributed by atoms with E-state index in [0.29, 0.717) is 13.2 Å². The first kappa shape index (κ1) is 16.5. The number of rotatable bonds is 6. The van der Waals surface area contributed by atoms with Crippen LogP contribution >= 0.6 is 0 Å². The van der Waals surface area contributed by atoms with E-state index in [9.17, 15) is 4.39 Å². The minimum atomic E-state index is -0.246. The van der Waals surface area contributed by atoms with E-state index < -0.39 is 0 Å². The van der Waals surface area contributed by atoms with Gasteiger partial charge in [0.25, 0.3) is 0 Å². The van der Waals surface area contributed by atoms with Crippen molar-refractivity contribution in [2.45, 2.75) is 27.0 Å². The van der Waals surface area contributed by atoms with Gasteiger partial charge in [-0.25, -0.2) is 4.39 Å². The maximum Gasteiger partial charge on any atom is 0.147 e. The summed E-state index contributed by atoms with van der Waals surface area (Å²) >= 11 is 0. The molecule has 0 aliphatic carbocycles. The summed E-state index contributed by atoms with van der Waals surface area (Å²) in [5.74, 6) is 0.529. The minimum Gasteiger partial charge on any atom is -0.487 e. The van der Waals surface area contributed by atoms with Crippen LogP contribution in [0, 0.1) is 19.7 Å². The van der Waals surface area contributed by atoms with Crippen molar-refractivity contribution in [3.8, 4) is 5.75 Å². The molecule has 0 radical (unpaired) electrons. The fourth-order valence-corrected chi connectivity index (χ4v) is 2.83. The Hall–Kier alpha value is -2.40. The molecule has 0 saturated carbocycles. The Balaban J connectivity index is 1.95. The highest BCUT2D eigenvalue weighted by Gasteiger charge is 2.16. The first-order valence-electron chi connectivity index (χ1n) is 7.92. The standard InChI is InChI=1S/C19H21FN2O2/c1-13-14(2)22(10-11-23-3)19-17(8-9-21-18(13)19)24-12-15-4-6-16(20)7-5-15/h4-9H,10-12H2,1-3H3. The summed E-state index contributed by atoms with van der Waals surface area (Å²) in [5.41, 5.74) is 5.15. The van der Waals surface area contributed by atoms with Gasteiger partial charge in [-0.05, 0) is 37.1 Å². The van der Waals surface area contributed by atoms with Crippen LogP contribution < -0.4 is 4.74 Å². The predicted octanol–water partition coefficient (Wildman–Crippen LogP) is 4.02. The van der Waals surface area contributed by atoms with Gasteiger partial charge in [0.05, 0.1) is 12.1 Å². The fourth-order valence-electron chi connectivity index (χ4n) is 2.83. The lowest BCUT2D eigenvalue weighted by atomic mass is 10.2. The van der Waals surface area contributed by atoms with Crippen molar-refractivity contribution in [2.75, 3.05) is 13.7 Å². The van der Waals surface area contributed by atoms with E-state index in [-0.39, 0.29) is 5.82 Å². The molecule has 0 spiro atoms. The predicted molar refractivity (Wildman–Crippen MR) is 91.8 cm³/mol. The molecule has 0 N–H and O–H groups in total. The second-order valence-electron chi connectivity index (χ2n) is 5.78. The molecule has 0 fully saturated rings. The van der Waals surface area contributed by atoms with E-state index in [1.54, 1.807) is 25.4 Å².